The highest BCUT2D eigenvalue weighted by Gasteiger charge is 2.23. The lowest BCUT2D eigenvalue weighted by atomic mass is 9.94. The Bertz CT molecular complexity index is 4240. The van der Waals surface area contributed by atoms with E-state index in [1.54, 1.807) is 0 Å². The summed E-state index contributed by atoms with van der Waals surface area (Å²) in [4.78, 5) is 20.2. The maximum Gasteiger partial charge on any atom is 0.164 e. The predicted octanol–water partition coefficient (Wildman–Crippen LogP) is 16.7. The number of para-hydroxylation sites is 2. The SMILES string of the molecule is C1=CC(c2nc(-c3ccccc3)nc(-c3ccc(-n4c5ccccc5c5c6c7ccccc7n(-c7ccc(-c8cc(-c9ccccc9)nc(-c9ccccc9)c8)c8ccccc78)c6ccc54)cc3)n2)=CCC1. The summed E-state index contributed by atoms with van der Waals surface area (Å²) in [6.45, 7) is 0. The van der Waals surface area contributed by atoms with Gasteiger partial charge in [-0.15, -0.1) is 0 Å². The fourth-order valence-corrected chi connectivity index (χ4v) is 10.9. The number of hydrogen-bond acceptors (Lipinski definition) is 4. The summed E-state index contributed by atoms with van der Waals surface area (Å²) in [5, 5.41) is 7.22. The van der Waals surface area contributed by atoms with Crippen molar-refractivity contribution in [3.63, 3.8) is 0 Å². The Labute approximate surface area is 416 Å². The molecule has 6 heteroatoms. The zero-order valence-corrected chi connectivity index (χ0v) is 39.2. The Morgan fingerprint density at radius 3 is 1.43 bits per heavy atom. The van der Waals surface area contributed by atoms with Gasteiger partial charge in [0.05, 0.1) is 39.1 Å². The highest BCUT2D eigenvalue weighted by atomic mass is 15.0. The molecule has 9 aromatic carbocycles. The Morgan fingerprint density at radius 1 is 0.333 bits per heavy atom. The molecular weight excluding hydrogens is 877 g/mol. The average Bonchev–Trinajstić information content (AvgIpc) is 3.98. The molecule has 0 N–H and O–H groups in total. The van der Waals surface area contributed by atoms with Crippen LogP contribution in [0.5, 0.6) is 0 Å². The first kappa shape index (κ1) is 41.5. The smallest absolute Gasteiger partial charge is 0.164 e. The molecule has 72 heavy (non-hydrogen) atoms. The Kier molecular flexibility index (Phi) is 9.88. The summed E-state index contributed by atoms with van der Waals surface area (Å²) < 4.78 is 4.87. The molecule has 0 bridgehead atoms. The number of aromatic nitrogens is 6. The highest BCUT2D eigenvalue weighted by Crippen LogP contribution is 2.44. The van der Waals surface area contributed by atoms with Crippen molar-refractivity contribution in [2.45, 2.75) is 12.8 Å². The molecule has 1 aliphatic carbocycles. The van der Waals surface area contributed by atoms with Gasteiger partial charge in [-0.05, 0) is 96.1 Å². The third-order valence-corrected chi connectivity index (χ3v) is 14.2. The summed E-state index contributed by atoms with van der Waals surface area (Å²) in [7, 11) is 0. The summed E-state index contributed by atoms with van der Waals surface area (Å²) in [6.07, 6.45) is 8.54. The van der Waals surface area contributed by atoms with Gasteiger partial charge in [-0.1, -0.05) is 176 Å². The van der Waals surface area contributed by atoms with Crippen LogP contribution < -0.4 is 0 Å². The fraction of sp³-hybridized carbons (Fsp3) is 0.0303. The molecule has 0 unspecified atom stereocenters. The normalized spacial score (nSPS) is 12.6. The second-order valence-electron chi connectivity index (χ2n) is 18.5. The Balaban J connectivity index is 0.925. The first-order chi connectivity index (χ1) is 35.7. The van der Waals surface area contributed by atoms with Gasteiger partial charge in [0.2, 0.25) is 0 Å². The molecule has 0 radical (unpaired) electrons. The van der Waals surface area contributed by atoms with Gasteiger partial charge in [-0.2, -0.15) is 0 Å². The minimum absolute atomic E-state index is 0.650. The molecular formula is C66H44N6. The fourth-order valence-electron chi connectivity index (χ4n) is 10.9. The second kappa shape index (κ2) is 17.2. The molecule has 0 saturated carbocycles. The van der Waals surface area contributed by atoms with Crippen LogP contribution in [0, 0.1) is 0 Å². The first-order valence-electron chi connectivity index (χ1n) is 24.6. The molecule has 0 fully saturated rings. The minimum Gasteiger partial charge on any atom is -0.309 e. The first-order valence-corrected chi connectivity index (χ1v) is 24.6. The second-order valence-corrected chi connectivity index (χ2v) is 18.5. The average molecular weight is 921 g/mol. The zero-order chi connectivity index (χ0) is 47.5. The van der Waals surface area contributed by atoms with Crippen LogP contribution in [0.3, 0.4) is 0 Å². The van der Waals surface area contributed by atoms with Crippen LogP contribution in [0.15, 0.2) is 243 Å². The Hall–Kier alpha value is -9.52. The van der Waals surface area contributed by atoms with E-state index in [9.17, 15) is 0 Å². The molecule has 0 spiro atoms. The van der Waals surface area contributed by atoms with Crippen LogP contribution in [0.4, 0.5) is 0 Å². The number of pyridine rings is 1. The summed E-state index contributed by atoms with van der Waals surface area (Å²) >= 11 is 0. The monoisotopic (exact) mass is 920 g/mol. The molecule has 4 heterocycles. The lowest BCUT2D eigenvalue weighted by Crippen LogP contribution is -2.03. The highest BCUT2D eigenvalue weighted by molar-refractivity contribution is 6.29. The molecule has 13 aromatic rings. The van der Waals surface area contributed by atoms with E-state index in [1.165, 1.54) is 32.3 Å². The van der Waals surface area contributed by atoms with Crippen LogP contribution in [0.25, 0.3) is 128 Å². The summed E-state index contributed by atoms with van der Waals surface area (Å²) in [6, 6.07) is 80.0. The van der Waals surface area contributed by atoms with Gasteiger partial charge >= 0.3 is 0 Å². The number of benzene rings is 9. The number of rotatable bonds is 8. The summed E-state index contributed by atoms with van der Waals surface area (Å²) in [5.41, 5.74) is 16.1. The van der Waals surface area contributed by atoms with Gasteiger partial charge in [-0.25, -0.2) is 19.9 Å². The van der Waals surface area contributed by atoms with Gasteiger partial charge < -0.3 is 9.13 Å². The van der Waals surface area contributed by atoms with Crippen LogP contribution in [-0.2, 0) is 0 Å². The van der Waals surface area contributed by atoms with E-state index in [0.29, 0.717) is 17.5 Å². The molecule has 338 valence electrons. The number of fused-ring (bicyclic) bond motifs is 8. The molecule has 4 aromatic heterocycles. The maximum absolute atomic E-state index is 5.20. The molecule has 0 saturated heterocycles. The van der Waals surface area contributed by atoms with Crippen molar-refractivity contribution in [2.24, 2.45) is 0 Å². The van der Waals surface area contributed by atoms with Crippen molar-refractivity contribution >= 4 is 60.0 Å². The number of allylic oxidation sites excluding steroid dienone is 4. The number of nitrogens with zero attached hydrogens (tertiary/aromatic N) is 6. The topological polar surface area (TPSA) is 61.4 Å². The molecule has 0 aliphatic heterocycles. The lowest BCUT2D eigenvalue weighted by molar-refractivity contribution is 1.01. The Morgan fingerprint density at radius 2 is 0.833 bits per heavy atom. The molecule has 0 amide bonds. The maximum atomic E-state index is 5.20. The van der Waals surface area contributed by atoms with Gasteiger partial charge in [0, 0.05) is 60.4 Å². The molecule has 14 rings (SSSR count). The van der Waals surface area contributed by atoms with Crippen molar-refractivity contribution in [3.05, 3.63) is 249 Å². The minimum atomic E-state index is 0.650. The van der Waals surface area contributed by atoms with Crippen molar-refractivity contribution in [3.8, 4) is 67.8 Å². The standard InChI is InChI=1S/C66H44N6/c1-5-19-43(20-6-1)55-41-48(42-56(67-55)44-21-7-2-8-22-44)50-37-38-59(52-28-14-13-27-51(50)52)72-58-32-18-16-30-54(58)63-61(72)40-39-60-62(63)53-29-15-17-31-57(53)71(60)49-35-33-47(34-36-49)66-69-64(45-23-9-3-10-24-45)68-65(70-66)46-25-11-4-12-26-46/h1-3,5-11,13-42H,4,12H2. The zero-order valence-electron chi connectivity index (χ0n) is 39.2. The van der Waals surface area contributed by atoms with Gasteiger partial charge in [0.15, 0.2) is 17.5 Å². The van der Waals surface area contributed by atoms with Crippen LogP contribution in [0.1, 0.15) is 18.7 Å². The predicted molar refractivity (Wildman–Crippen MR) is 297 cm³/mol. The van der Waals surface area contributed by atoms with Crippen LogP contribution in [-0.4, -0.2) is 29.1 Å². The largest absolute Gasteiger partial charge is 0.309 e. The van der Waals surface area contributed by atoms with Crippen molar-refractivity contribution in [1.82, 2.24) is 29.1 Å². The van der Waals surface area contributed by atoms with Crippen molar-refractivity contribution in [2.75, 3.05) is 0 Å². The third kappa shape index (κ3) is 6.95. The van der Waals surface area contributed by atoms with E-state index < -0.39 is 0 Å². The number of hydrogen-bond donors (Lipinski definition) is 0. The molecule has 6 nitrogen and oxygen atoms in total. The molecule has 0 atom stereocenters. The molecule has 1 aliphatic rings. The van der Waals surface area contributed by atoms with E-state index in [0.717, 1.165) is 96.6 Å². The van der Waals surface area contributed by atoms with Crippen molar-refractivity contribution in [1.29, 1.82) is 0 Å². The van der Waals surface area contributed by atoms with E-state index in [-0.39, 0.29) is 0 Å². The van der Waals surface area contributed by atoms with E-state index in [1.807, 2.05) is 18.2 Å². The van der Waals surface area contributed by atoms with Crippen LogP contribution in [0.2, 0.25) is 0 Å². The van der Waals surface area contributed by atoms with Crippen LogP contribution >= 0.6 is 0 Å². The third-order valence-electron chi connectivity index (χ3n) is 14.2. The van der Waals surface area contributed by atoms with Gasteiger partial charge in [0.1, 0.15) is 0 Å². The summed E-state index contributed by atoms with van der Waals surface area (Å²) in [5.74, 6) is 2.01. The lowest BCUT2D eigenvalue weighted by Gasteiger charge is -2.16. The van der Waals surface area contributed by atoms with Gasteiger partial charge in [-0.3, -0.25) is 0 Å². The van der Waals surface area contributed by atoms with Crippen molar-refractivity contribution < 1.29 is 0 Å². The van der Waals surface area contributed by atoms with Gasteiger partial charge in [0.25, 0.3) is 0 Å². The van der Waals surface area contributed by atoms with E-state index in [4.69, 9.17) is 19.9 Å². The van der Waals surface area contributed by atoms with E-state index >= 15 is 0 Å². The quantitative estimate of drug-likeness (QED) is 0.152. The van der Waals surface area contributed by atoms with E-state index in [2.05, 4.69) is 234 Å².